The minimum absolute atomic E-state index is 0.234. The number of thiazole rings is 1. The van der Waals surface area contributed by atoms with Gasteiger partial charge in [0, 0.05) is 17.8 Å². The van der Waals surface area contributed by atoms with E-state index < -0.39 is 11.9 Å². The molecule has 98 valence electrons. The average molecular weight is 284 g/mol. The van der Waals surface area contributed by atoms with Crippen LogP contribution in [0.1, 0.15) is 11.4 Å². The van der Waals surface area contributed by atoms with Crippen molar-refractivity contribution in [2.24, 2.45) is 0 Å². The van der Waals surface area contributed by atoms with E-state index in [4.69, 9.17) is 0 Å². The van der Waals surface area contributed by atoms with Crippen LogP contribution in [-0.2, 0) is 6.18 Å². The molecule has 0 aliphatic heterocycles. The summed E-state index contributed by atoms with van der Waals surface area (Å²) in [7, 11) is 0. The first-order valence-corrected chi connectivity index (χ1v) is 6.16. The van der Waals surface area contributed by atoms with Crippen LogP contribution >= 0.6 is 11.3 Å². The number of aryl methyl sites for hydroxylation is 1. The first kappa shape index (κ1) is 12.1. The second-order valence-corrected chi connectivity index (χ2v) is 4.74. The molecule has 0 aliphatic rings. The number of alkyl halides is 3. The van der Waals surface area contributed by atoms with Crippen molar-refractivity contribution in [3.05, 3.63) is 35.4 Å². The highest BCUT2D eigenvalue weighted by molar-refractivity contribution is 7.13. The molecule has 0 N–H and O–H groups in total. The first-order chi connectivity index (χ1) is 8.97. The molecule has 0 saturated heterocycles. The van der Waals surface area contributed by atoms with E-state index in [-0.39, 0.29) is 5.01 Å². The predicted molar refractivity (Wildman–Crippen MR) is 63.8 cm³/mol. The van der Waals surface area contributed by atoms with Gasteiger partial charge in [0.2, 0.25) is 0 Å². The first-order valence-electron chi connectivity index (χ1n) is 5.28. The summed E-state index contributed by atoms with van der Waals surface area (Å²) in [4.78, 5) is 11.8. The molecule has 3 aromatic heterocycles. The van der Waals surface area contributed by atoms with Crippen molar-refractivity contribution >= 4 is 16.9 Å². The predicted octanol–water partition coefficient (Wildman–Crippen LogP) is 3.18. The largest absolute Gasteiger partial charge is 0.434 e. The van der Waals surface area contributed by atoms with Gasteiger partial charge in [-0.15, -0.1) is 11.3 Å². The number of imidazole rings is 1. The van der Waals surface area contributed by atoms with Crippen molar-refractivity contribution in [1.29, 1.82) is 0 Å². The number of rotatable bonds is 1. The lowest BCUT2D eigenvalue weighted by Crippen LogP contribution is -2.05. The Balaban J connectivity index is 2.15. The molecule has 3 heterocycles. The maximum atomic E-state index is 12.5. The van der Waals surface area contributed by atoms with E-state index in [0.29, 0.717) is 5.82 Å². The molecule has 0 fully saturated rings. The van der Waals surface area contributed by atoms with E-state index in [1.54, 1.807) is 23.0 Å². The SMILES string of the molecule is Cc1nccn2c(-c3nc(C(F)(F)F)cs3)ncc12. The second-order valence-electron chi connectivity index (χ2n) is 3.89. The molecule has 0 atom stereocenters. The summed E-state index contributed by atoms with van der Waals surface area (Å²) in [5, 5.41) is 1.22. The maximum Gasteiger partial charge on any atom is 0.434 e. The van der Waals surface area contributed by atoms with Crippen LogP contribution < -0.4 is 0 Å². The zero-order valence-corrected chi connectivity index (χ0v) is 10.5. The number of fused-ring (bicyclic) bond motifs is 1. The van der Waals surface area contributed by atoms with Gasteiger partial charge in [-0.1, -0.05) is 0 Å². The monoisotopic (exact) mass is 284 g/mol. The van der Waals surface area contributed by atoms with Gasteiger partial charge < -0.3 is 0 Å². The molecule has 8 heteroatoms. The van der Waals surface area contributed by atoms with E-state index >= 15 is 0 Å². The summed E-state index contributed by atoms with van der Waals surface area (Å²) < 4.78 is 39.3. The van der Waals surface area contributed by atoms with Gasteiger partial charge in [-0.25, -0.2) is 9.97 Å². The van der Waals surface area contributed by atoms with E-state index in [2.05, 4.69) is 15.0 Å². The summed E-state index contributed by atoms with van der Waals surface area (Å²) >= 11 is 0.920. The molecule has 4 nitrogen and oxygen atoms in total. The number of hydrogen-bond donors (Lipinski definition) is 0. The van der Waals surface area contributed by atoms with Crippen molar-refractivity contribution in [1.82, 2.24) is 19.4 Å². The van der Waals surface area contributed by atoms with Crippen LogP contribution in [0.2, 0.25) is 0 Å². The molecule has 0 unspecified atom stereocenters. The molecule has 0 saturated carbocycles. The minimum Gasteiger partial charge on any atom is -0.294 e. The van der Waals surface area contributed by atoms with Crippen LogP contribution in [0.5, 0.6) is 0 Å². The van der Waals surface area contributed by atoms with Gasteiger partial charge in [0.15, 0.2) is 16.5 Å². The van der Waals surface area contributed by atoms with Gasteiger partial charge in [0.1, 0.15) is 0 Å². The lowest BCUT2D eigenvalue weighted by atomic mass is 10.4. The lowest BCUT2D eigenvalue weighted by Gasteiger charge is -2.01. The Hall–Kier alpha value is -1.96. The number of halogens is 3. The Morgan fingerprint density at radius 3 is 2.74 bits per heavy atom. The highest BCUT2D eigenvalue weighted by Crippen LogP contribution is 2.33. The number of hydrogen-bond acceptors (Lipinski definition) is 4. The molecule has 19 heavy (non-hydrogen) atoms. The third kappa shape index (κ3) is 1.97. The summed E-state index contributed by atoms with van der Waals surface area (Å²) in [6.45, 7) is 1.81. The quantitative estimate of drug-likeness (QED) is 0.689. The highest BCUT2D eigenvalue weighted by atomic mass is 32.1. The molecule has 0 aliphatic carbocycles. The fourth-order valence-corrected chi connectivity index (χ4v) is 2.54. The smallest absolute Gasteiger partial charge is 0.294 e. The fourth-order valence-electron chi connectivity index (χ4n) is 1.72. The Kier molecular flexibility index (Phi) is 2.56. The van der Waals surface area contributed by atoms with Crippen LogP contribution in [0.4, 0.5) is 13.2 Å². The zero-order chi connectivity index (χ0) is 13.6. The molecular weight excluding hydrogens is 277 g/mol. The van der Waals surface area contributed by atoms with E-state index in [1.165, 1.54) is 0 Å². The summed E-state index contributed by atoms with van der Waals surface area (Å²) in [5.41, 5.74) is 0.616. The summed E-state index contributed by atoms with van der Waals surface area (Å²) in [5.74, 6) is 0.390. The molecule has 3 rings (SSSR count). The standard InChI is InChI=1S/C11H7F3N4S/c1-6-7-4-16-9(18(7)3-2-15-6)10-17-8(5-19-10)11(12,13)14/h2-5H,1H3. The Morgan fingerprint density at radius 2 is 2.05 bits per heavy atom. The molecule has 0 radical (unpaired) electrons. The fraction of sp³-hybridized carbons (Fsp3) is 0.182. The summed E-state index contributed by atoms with van der Waals surface area (Å²) in [6.07, 6.45) is 0.372. The Bertz CT molecular complexity index is 744. The van der Waals surface area contributed by atoms with Crippen LogP contribution in [-0.4, -0.2) is 19.4 Å². The topological polar surface area (TPSA) is 43.1 Å². The van der Waals surface area contributed by atoms with Crippen LogP contribution in [0.15, 0.2) is 24.0 Å². The third-order valence-corrected chi connectivity index (χ3v) is 3.48. The van der Waals surface area contributed by atoms with Crippen molar-refractivity contribution < 1.29 is 13.2 Å². The zero-order valence-electron chi connectivity index (χ0n) is 9.64. The normalized spacial score (nSPS) is 12.2. The lowest BCUT2D eigenvalue weighted by molar-refractivity contribution is -0.140. The van der Waals surface area contributed by atoms with Crippen molar-refractivity contribution in [2.45, 2.75) is 13.1 Å². The van der Waals surface area contributed by atoms with E-state index in [9.17, 15) is 13.2 Å². The molecule has 0 spiro atoms. The molecular formula is C11H7F3N4S. The van der Waals surface area contributed by atoms with Crippen LogP contribution in [0, 0.1) is 6.92 Å². The van der Waals surface area contributed by atoms with Crippen molar-refractivity contribution in [2.75, 3.05) is 0 Å². The number of nitrogens with zero attached hydrogens (tertiary/aromatic N) is 4. The van der Waals surface area contributed by atoms with Gasteiger partial charge in [-0.05, 0) is 6.92 Å². The number of aromatic nitrogens is 4. The van der Waals surface area contributed by atoms with Crippen LogP contribution in [0.25, 0.3) is 16.3 Å². The Labute approximate surface area is 109 Å². The van der Waals surface area contributed by atoms with Gasteiger partial charge in [0.05, 0.1) is 17.4 Å². The maximum absolute atomic E-state index is 12.5. The van der Waals surface area contributed by atoms with Crippen molar-refractivity contribution in [3.63, 3.8) is 0 Å². The molecule has 0 aromatic carbocycles. The Morgan fingerprint density at radius 1 is 1.26 bits per heavy atom. The van der Waals surface area contributed by atoms with Gasteiger partial charge >= 0.3 is 6.18 Å². The molecule has 0 bridgehead atoms. The van der Waals surface area contributed by atoms with E-state index in [1.807, 2.05) is 6.92 Å². The van der Waals surface area contributed by atoms with Gasteiger partial charge in [-0.2, -0.15) is 13.2 Å². The third-order valence-electron chi connectivity index (χ3n) is 2.64. The highest BCUT2D eigenvalue weighted by Gasteiger charge is 2.34. The van der Waals surface area contributed by atoms with Crippen molar-refractivity contribution in [3.8, 4) is 10.8 Å². The minimum atomic E-state index is -4.43. The average Bonchev–Trinajstić information content (AvgIpc) is 2.93. The van der Waals surface area contributed by atoms with Gasteiger partial charge in [0.25, 0.3) is 0 Å². The molecule has 0 amide bonds. The van der Waals surface area contributed by atoms with Gasteiger partial charge in [-0.3, -0.25) is 9.38 Å². The molecule has 3 aromatic rings. The summed E-state index contributed by atoms with van der Waals surface area (Å²) in [6, 6.07) is 0. The van der Waals surface area contributed by atoms with Crippen LogP contribution in [0.3, 0.4) is 0 Å². The van der Waals surface area contributed by atoms with E-state index in [0.717, 1.165) is 27.9 Å². The second kappa shape index (κ2) is 4.02.